The Labute approximate surface area is 205 Å². The number of carbonyl (C=O) groups excluding carboxylic acids is 1. The van der Waals surface area contributed by atoms with E-state index in [4.69, 9.17) is 9.72 Å². The lowest BCUT2D eigenvalue weighted by atomic mass is 9.80. The van der Waals surface area contributed by atoms with Crippen molar-refractivity contribution in [2.75, 3.05) is 23.8 Å². The van der Waals surface area contributed by atoms with Crippen LogP contribution in [0.3, 0.4) is 0 Å². The first kappa shape index (κ1) is 22.3. The molecule has 184 valence electrons. The third-order valence-corrected chi connectivity index (χ3v) is 7.73. The van der Waals surface area contributed by atoms with E-state index in [1.165, 1.54) is 19.3 Å². The van der Waals surface area contributed by atoms with Gasteiger partial charge >= 0.3 is 5.97 Å². The van der Waals surface area contributed by atoms with Gasteiger partial charge in [-0.25, -0.2) is 4.98 Å². The van der Waals surface area contributed by atoms with Crippen LogP contribution in [0.4, 0.5) is 17.5 Å². The molecule has 2 unspecified atom stereocenters. The molecule has 0 aromatic carbocycles. The van der Waals surface area contributed by atoms with Crippen molar-refractivity contribution in [2.24, 2.45) is 5.92 Å². The van der Waals surface area contributed by atoms with Crippen molar-refractivity contribution in [3.63, 3.8) is 0 Å². The molecule has 9 nitrogen and oxygen atoms in total. The van der Waals surface area contributed by atoms with Crippen molar-refractivity contribution in [1.82, 2.24) is 25.1 Å². The van der Waals surface area contributed by atoms with Gasteiger partial charge in [0.05, 0.1) is 18.0 Å². The Kier molecular flexibility index (Phi) is 6.01. The Bertz CT molecular complexity index is 1200. The largest absolute Gasteiger partial charge is 0.465 e. The summed E-state index contributed by atoms with van der Waals surface area (Å²) in [5.74, 6) is 2.34. The maximum absolute atomic E-state index is 12.3. The third-order valence-electron chi connectivity index (χ3n) is 7.73. The van der Waals surface area contributed by atoms with Crippen molar-refractivity contribution >= 4 is 34.3 Å². The highest BCUT2D eigenvalue weighted by molar-refractivity contribution is 5.91. The number of H-pyrrole nitrogens is 1. The summed E-state index contributed by atoms with van der Waals surface area (Å²) in [7, 11) is 0. The number of aryl methyl sites for hydroxylation is 1. The number of carbonyl (C=O) groups is 1. The van der Waals surface area contributed by atoms with E-state index in [1.807, 2.05) is 31.3 Å². The number of hydrogen-bond donors (Lipinski definition) is 3. The number of aromatic amines is 1. The van der Waals surface area contributed by atoms with Gasteiger partial charge in [-0.05, 0) is 57.6 Å². The van der Waals surface area contributed by atoms with E-state index in [0.29, 0.717) is 24.7 Å². The van der Waals surface area contributed by atoms with Crippen LogP contribution >= 0.6 is 0 Å². The summed E-state index contributed by atoms with van der Waals surface area (Å²) < 4.78 is 5.35. The Balaban J connectivity index is 1.21. The molecule has 6 rings (SSSR count). The van der Waals surface area contributed by atoms with Crippen LogP contribution < -0.4 is 10.6 Å². The van der Waals surface area contributed by atoms with Crippen molar-refractivity contribution in [1.29, 1.82) is 0 Å². The SMILES string of the molecule is Cc1cc(Nc2cc3ncccc3c(NC3C[C@H]4CCC[C@@H](C3)N4CC3CCCOC3=O)n2)n[nH]1. The Morgan fingerprint density at radius 1 is 1.14 bits per heavy atom. The molecule has 4 atom stereocenters. The summed E-state index contributed by atoms with van der Waals surface area (Å²) in [6.07, 6.45) is 9.50. The molecule has 0 spiro atoms. The summed E-state index contributed by atoms with van der Waals surface area (Å²) in [6, 6.07) is 9.27. The van der Waals surface area contributed by atoms with Gasteiger partial charge in [0.1, 0.15) is 11.6 Å². The number of cyclic esters (lactones) is 1. The van der Waals surface area contributed by atoms with Crippen LogP contribution in [-0.2, 0) is 9.53 Å². The lowest BCUT2D eigenvalue weighted by Gasteiger charge is -2.50. The second kappa shape index (κ2) is 9.45. The number of pyridine rings is 2. The number of rotatable bonds is 6. The molecule has 3 saturated heterocycles. The average molecular weight is 476 g/mol. The second-order valence-corrected chi connectivity index (χ2v) is 10.2. The smallest absolute Gasteiger partial charge is 0.310 e. The fraction of sp³-hybridized carbons (Fsp3) is 0.538. The number of esters is 1. The van der Waals surface area contributed by atoms with Gasteiger partial charge in [-0.1, -0.05) is 6.42 Å². The van der Waals surface area contributed by atoms with Gasteiger partial charge in [0.15, 0.2) is 5.82 Å². The van der Waals surface area contributed by atoms with E-state index >= 15 is 0 Å². The van der Waals surface area contributed by atoms with Crippen molar-refractivity contribution in [3.05, 3.63) is 36.2 Å². The first-order valence-electron chi connectivity index (χ1n) is 12.9. The number of nitrogens with zero attached hydrogens (tertiary/aromatic N) is 4. The van der Waals surface area contributed by atoms with E-state index in [9.17, 15) is 4.79 Å². The van der Waals surface area contributed by atoms with E-state index in [0.717, 1.165) is 66.3 Å². The average Bonchev–Trinajstić information content (AvgIpc) is 3.25. The van der Waals surface area contributed by atoms with E-state index in [-0.39, 0.29) is 11.9 Å². The molecule has 9 heteroatoms. The minimum Gasteiger partial charge on any atom is -0.465 e. The molecule has 3 fully saturated rings. The van der Waals surface area contributed by atoms with Gasteiger partial charge in [-0.15, -0.1) is 0 Å². The zero-order valence-corrected chi connectivity index (χ0v) is 20.2. The number of hydrogen-bond acceptors (Lipinski definition) is 8. The van der Waals surface area contributed by atoms with Gasteiger partial charge < -0.3 is 15.4 Å². The summed E-state index contributed by atoms with van der Waals surface area (Å²) >= 11 is 0. The lowest BCUT2D eigenvalue weighted by Crippen LogP contribution is -2.56. The predicted octanol–water partition coefficient (Wildman–Crippen LogP) is 4.16. The van der Waals surface area contributed by atoms with Crippen LogP contribution in [0.25, 0.3) is 10.9 Å². The van der Waals surface area contributed by atoms with Crippen LogP contribution in [0.5, 0.6) is 0 Å². The minimum absolute atomic E-state index is 0.00540. The predicted molar refractivity (Wildman–Crippen MR) is 135 cm³/mol. The van der Waals surface area contributed by atoms with Crippen molar-refractivity contribution in [2.45, 2.75) is 70.0 Å². The fourth-order valence-corrected chi connectivity index (χ4v) is 6.11. The van der Waals surface area contributed by atoms with E-state index < -0.39 is 0 Å². The second-order valence-electron chi connectivity index (χ2n) is 10.2. The molecule has 3 aliphatic heterocycles. The molecule has 0 amide bonds. The molecular weight excluding hydrogens is 442 g/mol. The maximum atomic E-state index is 12.3. The molecule has 3 aromatic rings. The van der Waals surface area contributed by atoms with Crippen LogP contribution in [0.1, 0.15) is 50.6 Å². The quantitative estimate of drug-likeness (QED) is 0.456. The van der Waals surface area contributed by atoms with Gasteiger partial charge in [-0.3, -0.25) is 19.8 Å². The maximum Gasteiger partial charge on any atom is 0.310 e. The molecule has 3 aliphatic rings. The number of fused-ring (bicyclic) bond motifs is 3. The fourth-order valence-electron chi connectivity index (χ4n) is 6.11. The van der Waals surface area contributed by atoms with E-state index in [2.05, 4.69) is 36.8 Å². The molecule has 3 aromatic heterocycles. The van der Waals surface area contributed by atoms with Gasteiger partial charge in [0.2, 0.25) is 0 Å². The molecule has 2 bridgehead atoms. The summed E-state index contributed by atoms with van der Waals surface area (Å²) in [4.78, 5) is 24.4. The van der Waals surface area contributed by atoms with Gasteiger partial charge in [-0.2, -0.15) is 5.10 Å². The highest BCUT2D eigenvalue weighted by atomic mass is 16.5. The monoisotopic (exact) mass is 475 g/mol. The molecular formula is C26H33N7O2. The molecule has 0 saturated carbocycles. The summed E-state index contributed by atoms with van der Waals surface area (Å²) in [5, 5.41) is 15.3. The molecule has 35 heavy (non-hydrogen) atoms. The van der Waals surface area contributed by atoms with Crippen molar-refractivity contribution in [3.8, 4) is 0 Å². The summed E-state index contributed by atoms with van der Waals surface area (Å²) in [6.45, 7) is 3.40. The number of piperidine rings is 2. The first-order valence-corrected chi connectivity index (χ1v) is 12.9. The van der Waals surface area contributed by atoms with E-state index in [1.54, 1.807) is 0 Å². The van der Waals surface area contributed by atoms with Crippen LogP contribution in [0.15, 0.2) is 30.5 Å². The van der Waals surface area contributed by atoms with Gasteiger partial charge in [0, 0.05) is 54.1 Å². The standard InChI is InChI=1S/C26H33N7O2/c1-16-11-24(32-31-16)29-23-14-22-21(8-3-9-27-22)25(30-23)28-18-12-19-6-2-7-20(13-18)33(19)15-17-5-4-10-35-26(17)34/h3,8-9,11,14,17-20H,2,4-7,10,12-13,15H2,1H3,(H3,28,29,30,31,32)/t17?,18?,19-,20+. The minimum atomic E-state index is -0.00540. The number of aromatic nitrogens is 4. The Morgan fingerprint density at radius 3 is 2.77 bits per heavy atom. The number of ether oxygens (including phenoxy) is 1. The molecule has 3 N–H and O–H groups in total. The summed E-state index contributed by atoms with van der Waals surface area (Å²) in [5.41, 5.74) is 1.89. The zero-order chi connectivity index (χ0) is 23.8. The van der Waals surface area contributed by atoms with Crippen LogP contribution in [-0.4, -0.2) is 62.3 Å². The topological polar surface area (TPSA) is 108 Å². The Morgan fingerprint density at radius 2 is 2.00 bits per heavy atom. The third kappa shape index (κ3) is 4.69. The number of nitrogens with one attached hydrogen (secondary N) is 3. The highest BCUT2D eigenvalue weighted by Gasteiger charge is 2.40. The van der Waals surface area contributed by atoms with Crippen molar-refractivity contribution < 1.29 is 9.53 Å². The first-order chi connectivity index (χ1) is 17.1. The zero-order valence-electron chi connectivity index (χ0n) is 20.2. The lowest BCUT2D eigenvalue weighted by molar-refractivity contribution is -0.154. The number of anilines is 3. The van der Waals surface area contributed by atoms with Crippen LogP contribution in [0, 0.1) is 12.8 Å². The molecule has 6 heterocycles. The van der Waals surface area contributed by atoms with Crippen LogP contribution in [0.2, 0.25) is 0 Å². The Hall–Kier alpha value is -3.20. The molecule has 0 radical (unpaired) electrons. The van der Waals surface area contributed by atoms with Gasteiger partial charge in [0.25, 0.3) is 0 Å². The molecule has 0 aliphatic carbocycles. The normalized spacial score (nSPS) is 26.9. The highest BCUT2D eigenvalue weighted by Crippen LogP contribution is 2.37.